The van der Waals surface area contributed by atoms with Crippen LogP contribution in [0, 0.1) is 6.92 Å². The van der Waals surface area contributed by atoms with Crippen LogP contribution >= 0.6 is 11.3 Å². The van der Waals surface area contributed by atoms with Crippen LogP contribution in [0.4, 0.5) is 0 Å². The zero-order chi connectivity index (χ0) is 15.4. The minimum atomic E-state index is -0.563. The van der Waals surface area contributed by atoms with Crippen LogP contribution in [-0.4, -0.2) is 17.0 Å². The number of carbonyl (C=O) groups is 2. The topological polar surface area (TPSA) is 78.4 Å². The summed E-state index contributed by atoms with van der Waals surface area (Å²) < 4.78 is 0. The normalized spacial score (nSPS) is 11.8. The van der Waals surface area contributed by atoms with Crippen molar-refractivity contribution in [1.82, 2.24) is 10.8 Å². The average Bonchev–Trinajstić information content (AvgIpc) is 2.93. The Morgan fingerprint density at radius 3 is 2.29 bits per heavy atom. The standard InChI is InChI=1S/C15H16N2O3S/c1-9-3-8-13(21-9)15(19)16-10(2)11-4-6-12(7-5-11)14(18)17-20/h3-8,10,20H,1-2H3,(H,16,19)(H,17,18). The van der Waals surface area contributed by atoms with Gasteiger partial charge in [0.1, 0.15) is 0 Å². The number of benzene rings is 1. The predicted molar refractivity (Wildman–Crippen MR) is 80.6 cm³/mol. The molecule has 0 fully saturated rings. The molecule has 21 heavy (non-hydrogen) atoms. The predicted octanol–water partition coefficient (Wildman–Crippen LogP) is 2.67. The van der Waals surface area contributed by atoms with Crippen molar-refractivity contribution < 1.29 is 14.8 Å². The maximum Gasteiger partial charge on any atom is 0.274 e. The van der Waals surface area contributed by atoms with Crippen LogP contribution in [-0.2, 0) is 0 Å². The molecule has 2 amide bonds. The molecule has 0 aliphatic carbocycles. The van der Waals surface area contributed by atoms with Gasteiger partial charge < -0.3 is 5.32 Å². The van der Waals surface area contributed by atoms with Crippen molar-refractivity contribution in [3.63, 3.8) is 0 Å². The first kappa shape index (κ1) is 15.2. The van der Waals surface area contributed by atoms with E-state index < -0.39 is 5.91 Å². The van der Waals surface area contributed by atoms with Crippen LogP contribution in [0.15, 0.2) is 36.4 Å². The van der Waals surface area contributed by atoms with E-state index in [-0.39, 0.29) is 11.9 Å². The van der Waals surface area contributed by atoms with Gasteiger partial charge in [-0.15, -0.1) is 11.3 Å². The molecule has 5 nitrogen and oxygen atoms in total. The molecule has 0 spiro atoms. The van der Waals surface area contributed by atoms with Gasteiger partial charge in [-0.1, -0.05) is 12.1 Å². The summed E-state index contributed by atoms with van der Waals surface area (Å²) in [4.78, 5) is 25.1. The summed E-state index contributed by atoms with van der Waals surface area (Å²) >= 11 is 1.45. The molecular weight excluding hydrogens is 288 g/mol. The molecule has 1 atom stereocenters. The number of aryl methyl sites for hydroxylation is 1. The zero-order valence-corrected chi connectivity index (χ0v) is 12.5. The number of thiophene rings is 1. The molecule has 0 aliphatic heterocycles. The van der Waals surface area contributed by atoms with Crippen LogP contribution in [0.2, 0.25) is 0 Å². The summed E-state index contributed by atoms with van der Waals surface area (Å²) in [6.07, 6.45) is 0. The van der Waals surface area contributed by atoms with E-state index in [1.807, 2.05) is 19.9 Å². The zero-order valence-electron chi connectivity index (χ0n) is 11.7. The van der Waals surface area contributed by atoms with E-state index in [1.54, 1.807) is 35.8 Å². The van der Waals surface area contributed by atoms with Crippen molar-refractivity contribution >= 4 is 23.2 Å². The summed E-state index contributed by atoms with van der Waals surface area (Å²) in [5, 5.41) is 11.5. The molecule has 3 N–H and O–H groups in total. The average molecular weight is 304 g/mol. The van der Waals surface area contributed by atoms with E-state index >= 15 is 0 Å². The Kier molecular flexibility index (Phi) is 4.72. The smallest absolute Gasteiger partial charge is 0.274 e. The number of rotatable bonds is 4. The summed E-state index contributed by atoms with van der Waals surface area (Å²) in [7, 11) is 0. The second kappa shape index (κ2) is 6.51. The van der Waals surface area contributed by atoms with Crippen molar-refractivity contribution in [2.24, 2.45) is 0 Å². The summed E-state index contributed by atoms with van der Waals surface area (Å²) in [6, 6.07) is 10.2. The number of carbonyl (C=O) groups excluding carboxylic acids is 2. The van der Waals surface area contributed by atoms with Gasteiger partial charge in [-0.2, -0.15) is 0 Å². The Labute approximate surface area is 126 Å². The molecule has 0 saturated heterocycles. The number of amides is 2. The molecule has 6 heteroatoms. The van der Waals surface area contributed by atoms with Gasteiger partial charge in [-0.05, 0) is 43.7 Å². The third-order valence-electron chi connectivity index (χ3n) is 3.09. The van der Waals surface area contributed by atoms with Crippen LogP contribution in [0.5, 0.6) is 0 Å². The van der Waals surface area contributed by atoms with Gasteiger partial charge >= 0.3 is 0 Å². The van der Waals surface area contributed by atoms with Crippen LogP contribution in [0.25, 0.3) is 0 Å². The van der Waals surface area contributed by atoms with Crippen LogP contribution in [0.1, 0.15) is 43.4 Å². The fraction of sp³-hybridized carbons (Fsp3) is 0.200. The quantitative estimate of drug-likeness (QED) is 0.600. The van der Waals surface area contributed by atoms with Crippen molar-refractivity contribution in [2.75, 3.05) is 0 Å². The van der Waals surface area contributed by atoms with Crippen molar-refractivity contribution in [1.29, 1.82) is 0 Å². The van der Waals surface area contributed by atoms with Crippen molar-refractivity contribution in [2.45, 2.75) is 19.9 Å². The van der Waals surface area contributed by atoms with Gasteiger partial charge in [0.2, 0.25) is 0 Å². The highest BCUT2D eigenvalue weighted by Crippen LogP contribution is 2.18. The lowest BCUT2D eigenvalue weighted by Crippen LogP contribution is -2.26. The van der Waals surface area contributed by atoms with E-state index in [0.29, 0.717) is 10.4 Å². The first-order chi connectivity index (χ1) is 10.0. The second-order valence-corrected chi connectivity index (χ2v) is 5.96. The van der Waals surface area contributed by atoms with Gasteiger partial charge in [0.05, 0.1) is 10.9 Å². The maximum atomic E-state index is 12.1. The highest BCUT2D eigenvalue weighted by atomic mass is 32.1. The number of hydrogen-bond acceptors (Lipinski definition) is 4. The number of nitrogens with one attached hydrogen (secondary N) is 2. The van der Waals surface area contributed by atoms with Crippen molar-refractivity contribution in [3.05, 3.63) is 57.3 Å². The first-order valence-corrected chi connectivity index (χ1v) is 7.24. The van der Waals surface area contributed by atoms with Gasteiger partial charge in [-0.25, -0.2) is 5.48 Å². The first-order valence-electron chi connectivity index (χ1n) is 6.43. The Hall–Kier alpha value is -2.18. The Balaban J connectivity index is 2.04. The van der Waals surface area contributed by atoms with E-state index in [1.165, 1.54) is 11.3 Å². The molecule has 0 radical (unpaired) electrons. The lowest BCUT2D eigenvalue weighted by Gasteiger charge is -2.14. The molecule has 1 aromatic carbocycles. The second-order valence-electron chi connectivity index (χ2n) is 4.67. The number of hydroxylamine groups is 1. The van der Waals surface area contributed by atoms with E-state index in [2.05, 4.69) is 5.32 Å². The Morgan fingerprint density at radius 2 is 1.76 bits per heavy atom. The van der Waals surface area contributed by atoms with E-state index in [0.717, 1.165) is 10.4 Å². The molecule has 1 aromatic heterocycles. The summed E-state index contributed by atoms with van der Waals surface area (Å²) in [5.74, 6) is -0.676. The molecular formula is C15H16N2O3S. The monoisotopic (exact) mass is 304 g/mol. The highest BCUT2D eigenvalue weighted by molar-refractivity contribution is 7.13. The Bertz CT molecular complexity index is 649. The molecule has 0 bridgehead atoms. The molecule has 0 aliphatic rings. The maximum absolute atomic E-state index is 12.1. The summed E-state index contributed by atoms with van der Waals surface area (Å²) in [6.45, 7) is 3.83. The Morgan fingerprint density at radius 1 is 1.10 bits per heavy atom. The molecule has 2 rings (SSSR count). The SMILES string of the molecule is Cc1ccc(C(=O)NC(C)c2ccc(C(=O)NO)cc2)s1. The minimum absolute atomic E-state index is 0.113. The number of hydrogen-bond donors (Lipinski definition) is 3. The van der Waals surface area contributed by atoms with E-state index in [4.69, 9.17) is 5.21 Å². The van der Waals surface area contributed by atoms with Gasteiger partial charge in [0, 0.05) is 10.4 Å². The minimum Gasteiger partial charge on any atom is -0.345 e. The third kappa shape index (κ3) is 3.68. The summed E-state index contributed by atoms with van der Waals surface area (Å²) in [5.41, 5.74) is 2.81. The van der Waals surface area contributed by atoms with Gasteiger partial charge in [0.15, 0.2) is 0 Å². The molecule has 2 aromatic rings. The van der Waals surface area contributed by atoms with Crippen LogP contribution < -0.4 is 10.8 Å². The lowest BCUT2D eigenvalue weighted by molar-refractivity contribution is 0.0706. The fourth-order valence-electron chi connectivity index (χ4n) is 1.90. The highest BCUT2D eigenvalue weighted by Gasteiger charge is 2.13. The fourth-order valence-corrected chi connectivity index (χ4v) is 2.67. The van der Waals surface area contributed by atoms with E-state index in [9.17, 15) is 9.59 Å². The van der Waals surface area contributed by atoms with Crippen LogP contribution in [0.3, 0.4) is 0 Å². The van der Waals surface area contributed by atoms with Gasteiger partial charge in [-0.3, -0.25) is 14.8 Å². The largest absolute Gasteiger partial charge is 0.345 e. The third-order valence-corrected chi connectivity index (χ3v) is 4.09. The molecule has 1 heterocycles. The lowest BCUT2D eigenvalue weighted by atomic mass is 10.1. The molecule has 0 saturated carbocycles. The molecule has 1 unspecified atom stereocenters. The molecule has 110 valence electrons. The van der Waals surface area contributed by atoms with Crippen molar-refractivity contribution in [3.8, 4) is 0 Å². The van der Waals surface area contributed by atoms with Gasteiger partial charge in [0.25, 0.3) is 11.8 Å².